The molecular weight excluding hydrogens is 284 g/mol. The maximum atomic E-state index is 12.3. The van der Waals surface area contributed by atoms with Gasteiger partial charge in [-0.2, -0.15) is 0 Å². The number of carbonyl (C=O) groups is 1. The minimum atomic E-state index is -0.598. The SMILES string of the molecule is CCCCn1c(=O)[nH]c(N)c(NC(=O)c2ccccc2)c1=O. The van der Waals surface area contributed by atoms with Crippen LogP contribution in [-0.4, -0.2) is 15.5 Å². The summed E-state index contributed by atoms with van der Waals surface area (Å²) in [5, 5.41) is 2.47. The second-order valence-electron chi connectivity index (χ2n) is 4.85. The summed E-state index contributed by atoms with van der Waals surface area (Å²) >= 11 is 0. The number of anilines is 2. The van der Waals surface area contributed by atoms with Crippen molar-refractivity contribution in [2.75, 3.05) is 11.1 Å². The molecule has 0 aliphatic carbocycles. The molecule has 1 aromatic carbocycles. The Kier molecular flexibility index (Phi) is 4.77. The third-order valence-corrected chi connectivity index (χ3v) is 3.22. The van der Waals surface area contributed by atoms with E-state index < -0.39 is 17.2 Å². The second kappa shape index (κ2) is 6.75. The summed E-state index contributed by atoms with van der Waals surface area (Å²) in [6.45, 7) is 2.23. The van der Waals surface area contributed by atoms with Crippen LogP contribution in [0.5, 0.6) is 0 Å². The fourth-order valence-corrected chi connectivity index (χ4v) is 2.00. The van der Waals surface area contributed by atoms with Gasteiger partial charge < -0.3 is 11.1 Å². The number of benzene rings is 1. The summed E-state index contributed by atoms with van der Waals surface area (Å²) in [6.07, 6.45) is 1.51. The number of nitrogen functional groups attached to an aromatic ring is 1. The molecule has 0 aliphatic rings. The molecule has 0 unspecified atom stereocenters. The average molecular weight is 302 g/mol. The van der Waals surface area contributed by atoms with Crippen LogP contribution < -0.4 is 22.3 Å². The Balaban J connectivity index is 2.37. The van der Waals surface area contributed by atoms with E-state index in [0.29, 0.717) is 12.0 Å². The van der Waals surface area contributed by atoms with Gasteiger partial charge >= 0.3 is 5.69 Å². The molecule has 0 atom stereocenters. The van der Waals surface area contributed by atoms with Gasteiger partial charge in [-0.25, -0.2) is 4.79 Å². The lowest BCUT2D eigenvalue weighted by Gasteiger charge is -2.10. The van der Waals surface area contributed by atoms with E-state index in [1.807, 2.05) is 6.92 Å². The number of carbonyl (C=O) groups excluding carboxylic acids is 1. The highest BCUT2D eigenvalue weighted by molar-refractivity contribution is 6.05. The van der Waals surface area contributed by atoms with E-state index in [2.05, 4.69) is 10.3 Å². The summed E-state index contributed by atoms with van der Waals surface area (Å²) in [7, 11) is 0. The van der Waals surface area contributed by atoms with Gasteiger partial charge in [0, 0.05) is 12.1 Å². The highest BCUT2D eigenvalue weighted by atomic mass is 16.2. The zero-order valence-electron chi connectivity index (χ0n) is 12.3. The van der Waals surface area contributed by atoms with Gasteiger partial charge in [0.05, 0.1) is 0 Å². The molecule has 0 radical (unpaired) electrons. The van der Waals surface area contributed by atoms with Crippen LogP contribution in [0.3, 0.4) is 0 Å². The normalized spacial score (nSPS) is 10.4. The Morgan fingerprint density at radius 3 is 2.59 bits per heavy atom. The van der Waals surface area contributed by atoms with E-state index in [4.69, 9.17) is 5.73 Å². The lowest BCUT2D eigenvalue weighted by Crippen LogP contribution is -2.38. The summed E-state index contributed by atoms with van der Waals surface area (Å²) in [4.78, 5) is 38.6. The van der Waals surface area contributed by atoms with Crippen LogP contribution in [0.25, 0.3) is 0 Å². The number of hydrogen-bond acceptors (Lipinski definition) is 4. The molecule has 1 aromatic heterocycles. The minimum Gasteiger partial charge on any atom is -0.383 e. The molecule has 1 amide bonds. The molecule has 2 rings (SSSR count). The number of H-pyrrole nitrogens is 1. The van der Waals surface area contributed by atoms with Gasteiger partial charge in [0.2, 0.25) is 0 Å². The average Bonchev–Trinajstić information content (AvgIpc) is 2.52. The first-order valence-corrected chi connectivity index (χ1v) is 7.03. The largest absolute Gasteiger partial charge is 0.383 e. The third-order valence-electron chi connectivity index (χ3n) is 3.22. The number of amides is 1. The quantitative estimate of drug-likeness (QED) is 0.770. The molecule has 116 valence electrons. The summed E-state index contributed by atoms with van der Waals surface area (Å²) in [5.74, 6) is -0.606. The van der Waals surface area contributed by atoms with E-state index in [1.54, 1.807) is 30.3 Å². The monoisotopic (exact) mass is 302 g/mol. The van der Waals surface area contributed by atoms with Gasteiger partial charge in [0.25, 0.3) is 11.5 Å². The predicted molar refractivity (Wildman–Crippen MR) is 85.0 cm³/mol. The van der Waals surface area contributed by atoms with Gasteiger partial charge in [-0.3, -0.25) is 19.1 Å². The Labute approximate surface area is 126 Å². The number of aromatic amines is 1. The van der Waals surface area contributed by atoms with Crippen LogP contribution in [0, 0.1) is 0 Å². The molecule has 0 bridgehead atoms. The van der Waals surface area contributed by atoms with Crippen LogP contribution in [0.4, 0.5) is 11.5 Å². The topological polar surface area (TPSA) is 110 Å². The van der Waals surface area contributed by atoms with Gasteiger partial charge in [0.15, 0.2) is 0 Å². The van der Waals surface area contributed by atoms with Crippen LogP contribution in [-0.2, 0) is 6.54 Å². The first-order valence-electron chi connectivity index (χ1n) is 7.03. The standard InChI is InChI=1S/C15H18N4O3/c1-2-3-9-19-14(21)11(12(16)18-15(19)22)17-13(20)10-7-5-4-6-8-10/h4-8H,2-3,9,16H2,1H3,(H,17,20)(H,18,22). The first kappa shape index (κ1) is 15.6. The molecule has 2 aromatic rings. The molecule has 22 heavy (non-hydrogen) atoms. The number of rotatable bonds is 5. The smallest absolute Gasteiger partial charge is 0.330 e. The zero-order valence-corrected chi connectivity index (χ0v) is 12.3. The number of nitrogens with zero attached hydrogens (tertiary/aromatic N) is 1. The number of unbranched alkanes of at least 4 members (excludes halogenated alkanes) is 1. The molecular formula is C15H18N4O3. The molecule has 4 N–H and O–H groups in total. The maximum Gasteiger partial charge on any atom is 0.330 e. The fraction of sp³-hybridized carbons (Fsp3) is 0.267. The Morgan fingerprint density at radius 1 is 1.27 bits per heavy atom. The van der Waals surface area contributed by atoms with E-state index >= 15 is 0 Å². The first-order chi connectivity index (χ1) is 10.5. The van der Waals surface area contributed by atoms with Crippen LogP contribution >= 0.6 is 0 Å². The van der Waals surface area contributed by atoms with E-state index in [0.717, 1.165) is 11.0 Å². The lowest BCUT2D eigenvalue weighted by atomic mass is 10.2. The molecule has 7 heteroatoms. The summed E-state index contributed by atoms with van der Waals surface area (Å²) in [5.41, 5.74) is 4.78. The third kappa shape index (κ3) is 3.25. The van der Waals surface area contributed by atoms with E-state index in [-0.39, 0.29) is 18.1 Å². The lowest BCUT2D eigenvalue weighted by molar-refractivity contribution is 0.102. The minimum absolute atomic E-state index is 0.107. The molecule has 7 nitrogen and oxygen atoms in total. The summed E-state index contributed by atoms with van der Waals surface area (Å²) in [6, 6.07) is 8.44. The maximum absolute atomic E-state index is 12.3. The van der Waals surface area contributed by atoms with Crippen LogP contribution in [0.2, 0.25) is 0 Å². The van der Waals surface area contributed by atoms with Crippen molar-refractivity contribution in [3.8, 4) is 0 Å². The molecule has 0 fully saturated rings. The van der Waals surface area contributed by atoms with Crippen molar-refractivity contribution in [2.24, 2.45) is 0 Å². The van der Waals surface area contributed by atoms with Crippen molar-refractivity contribution in [3.05, 3.63) is 56.7 Å². The molecule has 0 spiro atoms. The Bertz CT molecular complexity index is 778. The fourth-order valence-electron chi connectivity index (χ4n) is 2.00. The van der Waals surface area contributed by atoms with Gasteiger partial charge in [-0.05, 0) is 18.6 Å². The van der Waals surface area contributed by atoms with Gasteiger partial charge in [0.1, 0.15) is 11.5 Å². The van der Waals surface area contributed by atoms with Crippen molar-refractivity contribution in [2.45, 2.75) is 26.3 Å². The molecule has 0 saturated carbocycles. The summed E-state index contributed by atoms with van der Waals surface area (Å²) < 4.78 is 1.04. The van der Waals surface area contributed by atoms with E-state index in [1.165, 1.54) is 0 Å². The predicted octanol–water partition coefficient (Wildman–Crippen LogP) is 1.17. The van der Waals surface area contributed by atoms with Crippen molar-refractivity contribution >= 4 is 17.4 Å². The second-order valence-corrected chi connectivity index (χ2v) is 4.85. The van der Waals surface area contributed by atoms with Gasteiger partial charge in [-0.15, -0.1) is 0 Å². The number of nitrogens with two attached hydrogens (primary N) is 1. The van der Waals surface area contributed by atoms with Gasteiger partial charge in [-0.1, -0.05) is 31.5 Å². The van der Waals surface area contributed by atoms with Crippen molar-refractivity contribution in [3.63, 3.8) is 0 Å². The number of aromatic nitrogens is 2. The van der Waals surface area contributed by atoms with E-state index in [9.17, 15) is 14.4 Å². The highest BCUT2D eigenvalue weighted by Gasteiger charge is 2.15. The zero-order chi connectivity index (χ0) is 16.1. The molecule has 0 saturated heterocycles. The van der Waals surface area contributed by atoms with Crippen molar-refractivity contribution in [1.82, 2.24) is 9.55 Å². The molecule has 1 heterocycles. The Morgan fingerprint density at radius 2 is 1.95 bits per heavy atom. The molecule has 0 aliphatic heterocycles. The van der Waals surface area contributed by atoms with Crippen LogP contribution in [0.15, 0.2) is 39.9 Å². The van der Waals surface area contributed by atoms with Crippen molar-refractivity contribution in [1.29, 1.82) is 0 Å². The Hall–Kier alpha value is -2.83. The number of hydrogen-bond donors (Lipinski definition) is 3. The highest BCUT2D eigenvalue weighted by Crippen LogP contribution is 2.09. The van der Waals surface area contributed by atoms with Crippen molar-refractivity contribution < 1.29 is 4.79 Å². The van der Waals surface area contributed by atoms with Crippen LogP contribution in [0.1, 0.15) is 30.1 Å². The number of nitrogens with one attached hydrogen (secondary N) is 2.